The van der Waals surface area contributed by atoms with Gasteiger partial charge in [0.15, 0.2) is 0 Å². The van der Waals surface area contributed by atoms with Gasteiger partial charge in [0, 0.05) is 49.1 Å². The standard InChI is InChI=1S/C23H26FN3O7.ClH/c1-11-2-3-13-19-14(21(30)15(22(31)32)10-27(11)19)8-16(24)20(13)26-6-4-12(5-7-26)34-23(33)17(25)9-18(28)29;/h8,10-12,17H,2-7,9,25H2,1H3,(H,28,29)(H,31,32);1H/p-1/t11-,17?;/m0./s1. The summed E-state index contributed by atoms with van der Waals surface area (Å²) in [5.41, 5.74) is 6.07. The van der Waals surface area contributed by atoms with Crippen molar-refractivity contribution in [3.8, 4) is 0 Å². The van der Waals surface area contributed by atoms with Gasteiger partial charge in [0.25, 0.3) is 0 Å². The molecule has 1 aromatic heterocycles. The van der Waals surface area contributed by atoms with Gasteiger partial charge < -0.3 is 42.6 Å². The molecule has 4 N–H and O–H groups in total. The van der Waals surface area contributed by atoms with Crippen LogP contribution in [0.25, 0.3) is 10.9 Å². The maximum atomic E-state index is 15.4. The highest BCUT2D eigenvalue weighted by Crippen LogP contribution is 2.39. The first kappa shape index (κ1) is 26.4. The molecule has 0 amide bonds. The van der Waals surface area contributed by atoms with E-state index < -0.39 is 47.7 Å². The number of nitrogens with zero attached hydrogens (tertiary/aromatic N) is 2. The molecule has 12 heteroatoms. The number of anilines is 1. The van der Waals surface area contributed by atoms with Crippen molar-refractivity contribution in [3.05, 3.63) is 39.4 Å². The van der Waals surface area contributed by atoms with Gasteiger partial charge in [-0.25, -0.2) is 9.18 Å². The Hall–Kier alpha value is -3.18. The molecule has 1 fully saturated rings. The molecule has 35 heavy (non-hydrogen) atoms. The molecule has 10 nitrogen and oxygen atoms in total. The number of ether oxygens (including phenoxy) is 1. The summed E-state index contributed by atoms with van der Waals surface area (Å²) in [5, 5.41) is 18.2. The van der Waals surface area contributed by atoms with Gasteiger partial charge in [-0.3, -0.25) is 14.4 Å². The fourth-order valence-corrected chi connectivity index (χ4v) is 4.85. The van der Waals surface area contributed by atoms with Crippen molar-refractivity contribution in [2.45, 2.75) is 57.2 Å². The highest BCUT2D eigenvalue weighted by molar-refractivity contribution is 5.95. The molecule has 2 aromatic rings. The maximum Gasteiger partial charge on any atom is 0.341 e. The largest absolute Gasteiger partial charge is 1.00 e. The number of aliphatic carboxylic acids is 1. The Morgan fingerprint density at radius 2 is 1.89 bits per heavy atom. The van der Waals surface area contributed by atoms with E-state index in [9.17, 15) is 24.3 Å². The van der Waals surface area contributed by atoms with Crippen LogP contribution >= 0.6 is 0 Å². The van der Waals surface area contributed by atoms with E-state index in [4.69, 9.17) is 15.6 Å². The zero-order chi connectivity index (χ0) is 24.7. The average molecular weight is 511 g/mol. The molecular formula is C23H26ClFN3O7-. The summed E-state index contributed by atoms with van der Waals surface area (Å²) in [4.78, 5) is 48.9. The third kappa shape index (κ3) is 4.96. The lowest BCUT2D eigenvalue weighted by Crippen LogP contribution is -3.00. The molecule has 0 saturated carbocycles. The number of carboxylic acid groups (broad SMARTS) is 2. The first-order valence-corrected chi connectivity index (χ1v) is 11.1. The number of benzene rings is 1. The van der Waals surface area contributed by atoms with Crippen molar-refractivity contribution in [3.63, 3.8) is 0 Å². The van der Waals surface area contributed by atoms with Crippen molar-refractivity contribution in [2.24, 2.45) is 5.73 Å². The summed E-state index contributed by atoms with van der Waals surface area (Å²) in [6, 6.07) is -0.173. The van der Waals surface area contributed by atoms with Crippen LogP contribution in [-0.2, 0) is 20.7 Å². The Morgan fingerprint density at radius 1 is 1.23 bits per heavy atom. The van der Waals surface area contributed by atoms with E-state index in [0.29, 0.717) is 55.5 Å². The number of carboxylic acids is 2. The molecule has 2 aliphatic rings. The summed E-state index contributed by atoms with van der Waals surface area (Å²) < 4.78 is 22.4. The number of piperidine rings is 1. The van der Waals surface area contributed by atoms with E-state index in [2.05, 4.69) is 0 Å². The van der Waals surface area contributed by atoms with Crippen LogP contribution in [0.1, 0.15) is 54.6 Å². The minimum Gasteiger partial charge on any atom is -1.00 e. The quantitative estimate of drug-likeness (QED) is 0.401. The normalized spacial score (nSPS) is 18.6. The van der Waals surface area contributed by atoms with Crippen LogP contribution in [-0.4, -0.2) is 57.9 Å². The van der Waals surface area contributed by atoms with E-state index in [1.807, 2.05) is 11.8 Å². The van der Waals surface area contributed by atoms with E-state index >= 15 is 4.39 Å². The first-order valence-electron chi connectivity index (χ1n) is 11.1. The molecule has 4 rings (SSSR count). The summed E-state index contributed by atoms with van der Waals surface area (Å²) >= 11 is 0. The second-order valence-corrected chi connectivity index (χ2v) is 8.88. The molecule has 0 radical (unpaired) electrons. The van der Waals surface area contributed by atoms with E-state index in [1.165, 1.54) is 6.20 Å². The number of hydrogen-bond acceptors (Lipinski definition) is 7. The molecule has 1 saturated heterocycles. The number of aromatic carboxylic acids is 1. The second kappa shape index (κ2) is 10.2. The van der Waals surface area contributed by atoms with Gasteiger partial charge in [0.05, 0.1) is 17.6 Å². The lowest BCUT2D eigenvalue weighted by molar-refractivity contribution is -0.154. The number of carbonyl (C=O) groups is 3. The fraction of sp³-hybridized carbons (Fsp3) is 0.478. The van der Waals surface area contributed by atoms with Crippen LogP contribution in [0.4, 0.5) is 10.1 Å². The molecule has 3 heterocycles. The van der Waals surface area contributed by atoms with Crippen LogP contribution in [0, 0.1) is 5.82 Å². The van der Waals surface area contributed by atoms with Gasteiger partial charge in [-0.05, 0) is 25.8 Å². The van der Waals surface area contributed by atoms with Crippen molar-refractivity contribution in [1.29, 1.82) is 0 Å². The Balaban J connectivity index is 0.00000342. The molecule has 2 aliphatic heterocycles. The van der Waals surface area contributed by atoms with E-state index in [0.717, 1.165) is 6.07 Å². The maximum absolute atomic E-state index is 15.4. The van der Waals surface area contributed by atoms with Gasteiger partial charge in [-0.2, -0.15) is 0 Å². The molecule has 0 spiro atoms. The van der Waals surface area contributed by atoms with Crippen molar-refractivity contribution in [2.75, 3.05) is 18.0 Å². The van der Waals surface area contributed by atoms with Gasteiger partial charge in [0.2, 0.25) is 5.43 Å². The number of rotatable bonds is 6. The highest BCUT2D eigenvalue weighted by atomic mass is 35.5. The number of carbonyl (C=O) groups excluding carboxylic acids is 1. The molecule has 0 bridgehead atoms. The Kier molecular flexibility index (Phi) is 7.71. The first-order chi connectivity index (χ1) is 16.1. The molecule has 1 unspecified atom stereocenters. The summed E-state index contributed by atoms with van der Waals surface area (Å²) in [7, 11) is 0. The Labute approximate surface area is 205 Å². The van der Waals surface area contributed by atoms with Crippen LogP contribution in [0.3, 0.4) is 0 Å². The Bertz CT molecular complexity index is 1240. The number of hydrogen-bond donors (Lipinski definition) is 3. The number of aromatic nitrogens is 1. The van der Waals surface area contributed by atoms with Crippen LogP contribution in [0.5, 0.6) is 0 Å². The number of esters is 1. The van der Waals surface area contributed by atoms with Crippen LogP contribution < -0.4 is 28.5 Å². The lowest BCUT2D eigenvalue weighted by Gasteiger charge is -2.37. The van der Waals surface area contributed by atoms with Gasteiger partial charge in [0.1, 0.15) is 23.5 Å². The van der Waals surface area contributed by atoms with Gasteiger partial charge >= 0.3 is 17.9 Å². The molecular weight excluding hydrogens is 485 g/mol. The third-order valence-corrected chi connectivity index (χ3v) is 6.60. The molecule has 190 valence electrons. The molecule has 1 aromatic carbocycles. The molecule has 0 aliphatic carbocycles. The summed E-state index contributed by atoms with van der Waals surface area (Å²) in [6.45, 7) is 2.69. The van der Waals surface area contributed by atoms with Gasteiger partial charge in [-0.15, -0.1) is 0 Å². The van der Waals surface area contributed by atoms with Crippen LogP contribution in [0.2, 0.25) is 0 Å². The van der Waals surface area contributed by atoms with Crippen LogP contribution in [0.15, 0.2) is 17.1 Å². The van der Waals surface area contributed by atoms with Gasteiger partial charge in [-0.1, -0.05) is 0 Å². The SMILES string of the molecule is C[C@H]1CCc2c(N3CCC(OC(=O)C(N)CC(=O)O)CC3)c(F)cc3c(=O)c(C(=O)O)cn1c23.[Cl-]. The predicted molar refractivity (Wildman–Crippen MR) is 120 cm³/mol. The minimum absolute atomic E-state index is 0. The number of halogens is 2. The summed E-state index contributed by atoms with van der Waals surface area (Å²) in [6.07, 6.45) is 2.37. The predicted octanol–water partition coefficient (Wildman–Crippen LogP) is -1.34. The zero-order valence-electron chi connectivity index (χ0n) is 19.0. The third-order valence-electron chi connectivity index (χ3n) is 6.60. The monoisotopic (exact) mass is 510 g/mol. The van der Waals surface area contributed by atoms with Crippen molar-refractivity contribution < 1.29 is 46.1 Å². The van der Waals surface area contributed by atoms with E-state index in [-0.39, 0.29) is 29.4 Å². The fourth-order valence-electron chi connectivity index (χ4n) is 4.85. The second-order valence-electron chi connectivity index (χ2n) is 8.88. The molecule has 2 atom stereocenters. The topological polar surface area (TPSA) is 152 Å². The zero-order valence-corrected chi connectivity index (χ0v) is 19.8. The summed E-state index contributed by atoms with van der Waals surface area (Å²) in [5.74, 6) is -3.91. The number of aryl methyl sites for hydroxylation is 1. The highest BCUT2D eigenvalue weighted by Gasteiger charge is 2.31. The van der Waals surface area contributed by atoms with Crippen molar-refractivity contribution >= 4 is 34.5 Å². The smallest absolute Gasteiger partial charge is 0.341 e. The average Bonchev–Trinajstić information content (AvgIpc) is 2.77. The van der Waals surface area contributed by atoms with E-state index in [1.54, 1.807) is 4.57 Å². The number of pyridine rings is 1. The lowest BCUT2D eigenvalue weighted by atomic mass is 9.93. The van der Waals surface area contributed by atoms with Crippen molar-refractivity contribution in [1.82, 2.24) is 4.57 Å². The minimum atomic E-state index is -1.35. The number of nitrogens with two attached hydrogens (primary N) is 1. The Morgan fingerprint density at radius 3 is 2.49 bits per heavy atom.